The lowest BCUT2D eigenvalue weighted by atomic mass is 10.1. The summed E-state index contributed by atoms with van der Waals surface area (Å²) in [5, 5.41) is 11.7. The van der Waals surface area contributed by atoms with Gasteiger partial charge in [0, 0.05) is 25.3 Å². The first-order valence-corrected chi connectivity index (χ1v) is 8.81. The summed E-state index contributed by atoms with van der Waals surface area (Å²) in [5.41, 5.74) is 6.06. The third kappa shape index (κ3) is 4.67. The van der Waals surface area contributed by atoms with E-state index in [1.807, 2.05) is 43.3 Å². The maximum absolute atomic E-state index is 12.2. The van der Waals surface area contributed by atoms with Crippen molar-refractivity contribution in [3.63, 3.8) is 0 Å². The molecule has 0 saturated heterocycles. The number of aromatic amines is 1. The number of carbonyl (C=O) groups is 1. The lowest BCUT2D eigenvalue weighted by Gasteiger charge is -2.11. The summed E-state index contributed by atoms with van der Waals surface area (Å²) in [6.07, 6.45) is 1.58. The molecular formula is C19H17Cl2N5O. The average Bonchev–Trinajstić information content (AvgIpc) is 3.14. The Morgan fingerprint density at radius 1 is 1.11 bits per heavy atom. The highest BCUT2D eigenvalue weighted by Gasteiger charge is 2.11. The molecule has 3 aromatic rings. The highest BCUT2D eigenvalue weighted by Crippen LogP contribution is 2.27. The molecule has 0 unspecified atom stereocenters. The van der Waals surface area contributed by atoms with Gasteiger partial charge in [-0.3, -0.25) is 9.89 Å². The van der Waals surface area contributed by atoms with Crippen LogP contribution >= 0.6 is 23.2 Å². The van der Waals surface area contributed by atoms with Crippen molar-refractivity contribution in [2.45, 2.75) is 0 Å². The van der Waals surface area contributed by atoms with Crippen LogP contribution in [0.4, 0.5) is 5.69 Å². The van der Waals surface area contributed by atoms with E-state index in [1.165, 1.54) is 0 Å². The number of hydrogen-bond donors (Lipinski definition) is 2. The summed E-state index contributed by atoms with van der Waals surface area (Å²) < 4.78 is 0. The molecule has 0 aliphatic heterocycles. The van der Waals surface area contributed by atoms with E-state index in [1.54, 1.807) is 30.5 Å². The lowest BCUT2D eigenvalue weighted by Crippen LogP contribution is -2.18. The van der Waals surface area contributed by atoms with Gasteiger partial charge >= 0.3 is 0 Å². The van der Waals surface area contributed by atoms with Crippen LogP contribution < -0.4 is 10.3 Å². The van der Waals surface area contributed by atoms with Crippen molar-refractivity contribution in [3.8, 4) is 11.3 Å². The van der Waals surface area contributed by atoms with Crippen LogP contribution in [0.1, 0.15) is 16.1 Å². The molecular weight excluding hydrogens is 385 g/mol. The number of amides is 1. The van der Waals surface area contributed by atoms with Gasteiger partial charge in [0.05, 0.1) is 22.0 Å². The van der Waals surface area contributed by atoms with Crippen LogP contribution in [-0.2, 0) is 0 Å². The molecule has 0 radical (unpaired) electrons. The van der Waals surface area contributed by atoms with E-state index in [0.717, 1.165) is 16.8 Å². The highest BCUT2D eigenvalue weighted by atomic mass is 35.5. The number of nitrogens with zero attached hydrogens (tertiary/aromatic N) is 3. The van der Waals surface area contributed by atoms with Gasteiger partial charge in [-0.25, -0.2) is 5.43 Å². The molecule has 0 aliphatic rings. The van der Waals surface area contributed by atoms with Crippen molar-refractivity contribution in [1.29, 1.82) is 0 Å². The number of hydrogen-bond acceptors (Lipinski definition) is 4. The molecule has 0 aliphatic carbocycles. The first-order valence-electron chi connectivity index (χ1n) is 8.05. The largest absolute Gasteiger partial charge is 0.378 e. The third-order valence-electron chi connectivity index (χ3n) is 3.83. The van der Waals surface area contributed by atoms with Crippen LogP contribution in [0, 0.1) is 0 Å². The Labute approximate surface area is 166 Å². The molecule has 1 amide bonds. The predicted molar refractivity (Wildman–Crippen MR) is 110 cm³/mol. The number of anilines is 1. The first-order chi connectivity index (χ1) is 12.9. The summed E-state index contributed by atoms with van der Waals surface area (Å²) in [4.78, 5) is 14.2. The van der Waals surface area contributed by atoms with Crippen LogP contribution in [0.3, 0.4) is 0 Å². The second-order valence-electron chi connectivity index (χ2n) is 5.98. The van der Waals surface area contributed by atoms with E-state index in [0.29, 0.717) is 15.7 Å². The molecule has 0 fully saturated rings. The van der Waals surface area contributed by atoms with Gasteiger partial charge in [0.2, 0.25) is 0 Å². The Hall–Kier alpha value is -2.83. The number of nitrogens with one attached hydrogen (secondary N) is 2. The summed E-state index contributed by atoms with van der Waals surface area (Å²) in [6.45, 7) is 0. The highest BCUT2D eigenvalue weighted by molar-refractivity contribution is 6.42. The molecule has 1 heterocycles. The number of H-pyrrole nitrogens is 1. The topological polar surface area (TPSA) is 73.4 Å². The molecule has 0 atom stereocenters. The maximum atomic E-state index is 12.2. The second kappa shape index (κ2) is 8.24. The molecule has 6 nitrogen and oxygen atoms in total. The fourth-order valence-electron chi connectivity index (χ4n) is 2.33. The Bertz CT molecular complexity index is 980. The molecule has 2 N–H and O–H groups in total. The van der Waals surface area contributed by atoms with Crippen molar-refractivity contribution in [1.82, 2.24) is 15.6 Å². The molecule has 1 aromatic heterocycles. The Kier molecular flexibility index (Phi) is 5.78. The Morgan fingerprint density at radius 3 is 2.52 bits per heavy atom. The quantitative estimate of drug-likeness (QED) is 0.496. The molecule has 0 spiro atoms. The second-order valence-corrected chi connectivity index (χ2v) is 6.80. The van der Waals surface area contributed by atoms with E-state index >= 15 is 0 Å². The summed E-state index contributed by atoms with van der Waals surface area (Å²) >= 11 is 11.9. The van der Waals surface area contributed by atoms with Gasteiger partial charge in [-0.2, -0.15) is 10.2 Å². The van der Waals surface area contributed by atoms with Crippen LogP contribution in [0.2, 0.25) is 10.0 Å². The molecule has 138 valence electrons. The van der Waals surface area contributed by atoms with Crippen LogP contribution in [-0.4, -0.2) is 36.4 Å². The fraction of sp³-hybridized carbons (Fsp3) is 0.105. The standard InChI is InChI=1S/C19H17Cl2N5O/c1-26(2)14-6-3-12(4-7-14)11-22-25-19(27)18-10-17(23-24-18)13-5-8-15(20)16(21)9-13/h3-11H,1-2H3,(H,23,24)(H,25,27)/b22-11-. The van der Waals surface area contributed by atoms with Crippen molar-refractivity contribution < 1.29 is 4.79 Å². The summed E-state index contributed by atoms with van der Waals surface area (Å²) in [7, 11) is 3.94. The maximum Gasteiger partial charge on any atom is 0.289 e. The summed E-state index contributed by atoms with van der Waals surface area (Å²) in [6, 6.07) is 14.6. The van der Waals surface area contributed by atoms with E-state index in [9.17, 15) is 4.79 Å². The number of aromatic nitrogens is 2. The van der Waals surface area contributed by atoms with Crippen LogP contribution in [0.5, 0.6) is 0 Å². The SMILES string of the molecule is CN(C)c1ccc(/C=N\NC(=O)c2cc(-c3ccc(Cl)c(Cl)c3)n[nH]2)cc1. The summed E-state index contributed by atoms with van der Waals surface area (Å²) in [5.74, 6) is -0.394. The van der Waals surface area contributed by atoms with Gasteiger partial charge in [0.15, 0.2) is 0 Å². The molecule has 2 aromatic carbocycles. The van der Waals surface area contributed by atoms with E-state index in [2.05, 4.69) is 20.7 Å². The Balaban J connectivity index is 1.64. The van der Waals surface area contributed by atoms with Crippen molar-refractivity contribution in [2.75, 3.05) is 19.0 Å². The van der Waals surface area contributed by atoms with Gasteiger partial charge in [0.25, 0.3) is 5.91 Å². The average molecular weight is 402 g/mol. The zero-order valence-electron chi connectivity index (χ0n) is 14.7. The number of halogens is 2. The minimum absolute atomic E-state index is 0.288. The minimum atomic E-state index is -0.394. The minimum Gasteiger partial charge on any atom is -0.378 e. The zero-order chi connectivity index (χ0) is 19.4. The fourth-order valence-corrected chi connectivity index (χ4v) is 2.62. The Morgan fingerprint density at radius 2 is 1.85 bits per heavy atom. The molecule has 3 rings (SSSR count). The zero-order valence-corrected chi connectivity index (χ0v) is 16.2. The number of benzene rings is 2. The third-order valence-corrected chi connectivity index (χ3v) is 4.57. The van der Waals surface area contributed by atoms with E-state index in [4.69, 9.17) is 23.2 Å². The van der Waals surface area contributed by atoms with Gasteiger partial charge < -0.3 is 4.90 Å². The van der Waals surface area contributed by atoms with Crippen LogP contribution in [0.25, 0.3) is 11.3 Å². The van der Waals surface area contributed by atoms with Crippen molar-refractivity contribution in [3.05, 3.63) is 69.8 Å². The van der Waals surface area contributed by atoms with Gasteiger partial charge in [-0.15, -0.1) is 0 Å². The van der Waals surface area contributed by atoms with Crippen LogP contribution in [0.15, 0.2) is 53.6 Å². The predicted octanol–water partition coefficient (Wildman–Crippen LogP) is 4.21. The van der Waals surface area contributed by atoms with E-state index in [-0.39, 0.29) is 5.69 Å². The smallest absolute Gasteiger partial charge is 0.289 e. The molecule has 27 heavy (non-hydrogen) atoms. The number of carbonyl (C=O) groups excluding carboxylic acids is 1. The molecule has 8 heteroatoms. The first kappa shape index (κ1) is 18.9. The number of rotatable bonds is 5. The normalized spacial score (nSPS) is 11.0. The monoisotopic (exact) mass is 401 g/mol. The van der Waals surface area contributed by atoms with Gasteiger partial charge in [0.1, 0.15) is 5.69 Å². The van der Waals surface area contributed by atoms with Gasteiger partial charge in [-0.05, 0) is 35.9 Å². The van der Waals surface area contributed by atoms with E-state index < -0.39 is 5.91 Å². The lowest BCUT2D eigenvalue weighted by molar-refractivity contribution is 0.0950. The number of hydrazone groups is 1. The molecule has 0 saturated carbocycles. The van der Waals surface area contributed by atoms with Crippen molar-refractivity contribution in [2.24, 2.45) is 5.10 Å². The van der Waals surface area contributed by atoms with Gasteiger partial charge in [-0.1, -0.05) is 41.4 Å². The molecule has 0 bridgehead atoms. The van der Waals surface area contributed by atoms with Crippen molar-refractivity contribution >= 4 is 41.0 Å².